The van der Waals surface area contributed by atoms with Gasteiger partial charge in [-0.3, -0.25) is 4.98 Å². The molecule has 1 N–H and O–H groups in total. The highest BCUT2D eigenvalue weighted by Gasteiger charge is 2.32. The summed E-state index contributed by atoms with van der Waals surface area (Å²) in [6, 6.07) is 3.30. The zero-order valence-corrected chi connectivity index (χ0v) is 9.78. The normalized spacial score (nSPS) is 11.4. The van der Waals surface area contributed by atoms with Crippen LogP contribution in [0.1, 0.15) is 15.9 Å². The van der Waals surface area contributed by atoms with Gasteiger partial charge in [-0.2, -0.15) is 13.2 Å². The van der Waals surface area contributed by atoms with Crippen molar-refractivity contribution in [1.82, 2.24) is 4.98 Å². The Morgan fingerprint density at radius 3 is 2.30 bits per heavy atom. The fraction of sp³-hybridized carbons (Fsp3) is 0.0769. The molecule has 0 radical (unpaired) electrons. The second-order valence-electron chi connectivity index (χ2n) is 3.99. The molecule has 20 heavy (non-hydrogen) atoms. The average Bonchev–Trinajstić information content (AvgIpc) is 2.37. The van der Waals surface area contributed by atoms with E-state index in [2.05, 4.69) is 4.98 Å². The van der Waals surface area contributed by atoms with Crippen molar-refractivity contribution in [3.05, 3.63) is 53.6 Å². The molecule has 0 saturated heterocycles. The molecule has 0 amide bonds. The minimum Gasteiger partial charge on any atom is -0.478 e. The molecule has 1 aromatic heterocycles. The first-order valence-corrected chi connectivity index (χ1v) is 5.34. The number of hydrogen-bond acceptors (Lipinski definition) is 2. The van der Waals surface area contributed by atoms with Crippen LogP contribution in [0.5, 0.6) is 0 Å². The van der Waals surface area contributed by atoms with Gasteiger partial charge in [0.1, 0.15) is 5.82 Å². The molecule has 0 fully saturated rings. The van der Waals surface area contributed by atoms with E-state index in [1.54, 1.807) is 0 Å². The molecular formula is C13H7F4NO2. The number of carbonyl (C=O) groups is 1. The quantitative estimate of drug-likeness (QED) is 0.858. The zero-order chi connectivity index (χ0) is 14.9. The molecule has 1 aromatic carbocycles. The molecular weight excluding hydrogens is 278 g/mol. The summed E-state index contributed by atoms with van der Waals surface area (Å²) in [6.45, 7) is 0. The number of carboxylic acids is 1. The van der Waals surface area contributed by atoms with E-state index in [-0.39, 0.29) is 11.1 Å². The van der Waals surface area contributed by atoms with Gasteiger partial charge < -0.3 is 5.11 Å². The number of halogens is 4. The zero-order valence-electron chi connectivity index (χ0n) is 9.78. The van der Waals surface area contributed by atoms with Crippen LogP contribution < -0.4 is 0 Å². The van der Waals surface area contributed by atoms with Crippen molar-refractivity contribution in [2.45, 2.75) is 6.18 Å². The fourth-order valence-electron chi connectivity index (χ4n) is 1.65. The molecule has 2 rings (SSSR count). The van der Waals surface area contributed by atoms with E-state index in [9.17, 15) is 22.4 Å². The second kappa shape index (κ2) is 4.92. The Morgan fingerprint density at radius 1 is 1.05 bits per heavy atom. The maximum atomic E-state index is 13.0. The van der Waals surface area contributed by atoms with Gasteiger partial charge in [-0.15, -0.1) is 0 Å². The van der Waals surface area contributed by atoms with Crippen LogP contribution in [-0.4, -0.2) is 16.1 Å². The van der Waals surface area contributed by atoms with Crippen LogP contribution in [0.15, 0.2) is 36.7 Å². The number of rotatable bonds is 2. The first-order chi connectivity index (χ1) is 9.27. The number of pyridine rings is 1. The average molecular weight is 285 g/mol. The smallest absolute Gasteiger partial charge is 0.416 e. The van der Waals surface area contributed by atoms with Crippen LogP contribution in [0.25, 0.3) is 11.1 Å². The lowest BCUT2D eigenvalue weighted by Crippen LogP contribution is -2.08. The predicted molar refractivity (Wildman–Crippen MR) is 61.6 cm³/mol. The highest BCUT2D eigenvalue weighted by atomic mass is 19.4. The van der Waals surface area contributed by atoms with Crippen LogP contribution in [0, 0.1) is 5.82 Å². The monoisotopic (exact) mass is 285 g/mol. The van der Waals surface area contributed by atoms with E-state index in [0.717, 1.165) is 30.6 Å². The molecule has 0 unspecified atom stereocenters. The number of aromatic nitrogens is 1. The van der Waals surface area contributed by atoms with E-state index in [1.165, 1.54) is 0 Å². The summed E-state index contributed by atoms with van der Waals surface area (Å²) < 4.78 is 51.2. The number of benzene rings is 1. The molecule has 0 bridgehead atoms. The van der Waals surface area contributed by atoms with Crippen LogP contribution >= 0.6 is 0 Å². The van der Waals surface area contributed by atoms with Crippen molar-refractivity contribution in [2.24, 2.45) is 0 Å². The predicted octanol–water partition coefficient (Wildman–Crippen LogP) is 3.60. The molecule has 0 atom stereocenters. The van der Waals surface area contributed by atoms with E-state index in [4.69, 9.17) is 5.11 Å². The van der Waals surface area contributed by atoms with E-state index in [1.807, 2.05) is 0 Å². The lowest BCUT2D eigenvalue weighted by atomic mass is 10.0. The van der Waals surface area contributed by atoms with Crippen LogP contribution in [0.3, 0.4) is 0 Å². The maximum Gasteiger partial charge on any atom is 0.416 e. The Bertz CT molecular complexity index is 668. The number of carboxylic acid groups (broad SMARTS) is 1. The van der Waals surface area contributed by atoms with Crippen molar-refractivity contribution in [3.8, 4) is 11.1 Å². The van der Waals surface area contributed by atoms with Crippen molar-refractivity contribution >= 4 is 5.97 Å². The van der Waals surface area contributed by atoms with Gasteiger partial charge in [-0.25, -0.2) is 9.18 Å². The first kappa shape index (κ1) is 14.0. The topological polar surface area (TPSA) is 50.2 Å². The third-order valence-corrected chi connectivity index (χ3v) is 2.55. The molecule has 7 heteroatoms. The lowest BCUT2D eigenvalue weighted by Gasteiger charge is -2.10. The van der Waals surface area contributed by atoms with Gasteiger partial charge in [0, 0.05) is 11.8 Å². The summed E-state index contributed by atoms with van der Waals surface area (Å²) in [5.41, 5.74) is -1.64. The van der Waals surface area contributed by atoms with E-state index < -0.39 is 29.1 Å². The summed E-state index contributed by atoms with van der Waals surface area (Å²) in [6.07, 6.45) is -2.64. The van der Waals surface area contributed by atoms with Crippen LogP contribution in [0.4, 0.5) is 17.6 Å². The van der Waals surface area contributed by atoms with Gasteiger partial charge in [-0.1, -0.05) is 0 Å². The number of hydrogen-bond donors (Lipinski definition) is 1. The van der Waals surface area contributed by atoms with Crippen molar-refractivity contribution in [2.75, 3.05) is 0 Å². The van der Waals surface area contributed by atoms with E-state index in [0.29, 0.717) is 6.07 Å². The third-order valence-electron chi connectivity index (χ3n) is 2.55. The molecule has 3 nitrogen and oxygen atoms in total. The van der Waals surface area contributed by atoms with Gasteiger partial charge in [0.15, 0.2) is 0 Å². The third kappa shape index (κ3) is 2.93. The SMILES string of the molecule is O=C(O)c1cc(-c2cncc(F)c2)cc(C(F)(F)F)c1. The molecule has 2 aromatic rings. The summed E-state index contributed by atoms with van der Waals surface area (Å²) in [7, 11) is 0. The van der Waals surface area contributed by atoms with E-state index >= 15 is 0 Å². The number of alkyl halides is 3. The van der Waals surface area contributed by atoms with Gasteiger partial charge >= 0.3 is 12.1 Å². The Kier molecular flexibility index (Phi) is 3.44. The molecule has 0 spiro atoms. The first-order valence-electron chi connectivity index (χ1n) is 5.34. The lowest BCUT2D eigenvalue weighted by molar-refractivity contribution is -0.137. The number of nitrogens with zero attached hydrogens (tertiary/aromatic N) is 1. The molecule has 0 aliphatic rings. The molecule has 0 saturated carbocycles. The van der Waals surface area contributed by atoms with Gasteiger partial charge in [0.05, 0.1) is 17.3 Å². The molecule has 0 aliphatic heterocycles. The van der Waals surface area contributed by atoms with Gasteiger partial charge in [-0.05, 0) is 29.8 Å². The summed E-state index contributed by atoms with van der Waals surface area (Å²) >= 11 is 0. The highest BCUT2D eigenvalue weighted by molar-refractivity contribution is 5.89. The molecule has 1 heterocycles. The van der Waals surface area contributed by atoms with Crippen LogP contribution in [-0.2, 0) is 6.18 Å². The highest BCUT2D eigenvalue weighted by Crippen LogP contribution is 2.33. The summed E-state index contributed by atoms with van der Waals surface area (Å²) in [5.74, 6) is -2.22. The Hall–Kier alpha value is -2.44. The fourth-order valence-corrected chi connectivity index (χ4v) is 1.65. The maximum absolute atomic E-state index is 13.0. The Balaban J connectivity index is 2.64. The largest absolute Gasteiger partial charge is 0.478 e. The van der Waals surface area contributed by atoms with Gasteiger partial charge in [0.25, 0.3) is 0 Å². The molecule has 0 aliphatic carbocycles. The Labute approximate surface area is 110 Å². The Morgan fingerprint density at radius 2 is 1.75 bits per heavy atom. The number of aromatic carboxylic acids is 1. The van der Waals surface area contributed by atoms with Crippen molar-refractivity contribution in [3.63, 3.8) is 0 Å². The minimum absolute atomic E-state index is 0.0655. The van der Waals surface area contributed by atoms with Crippen molar-refractivity contribution < 1.29 is 27.5 Å². The van der Waals surface area contributed by atoms with Crippen LogP contribution in [0.2, 0.25) is 0 Å². The van der Waals surface area contributed by atoms with Crippen molar-refractivity contribution in [1.29, 1.82) is 0 Å². The standard InChI is InChI=1S/C13H7F4NO2/c14-11-4-9(5-18-6-11)7-1-8(12(19)20)3-10(2-7)13(15,16)17/h1-6H,(H,19,20). The van der Waals surface area contributed by atoms with Gasteiger partial charge in [0.2, 0.25) is 0 Å². The second-order valence-corrected chi connectivity index (χ2v) is 3.99. The summed E-state index contributed by atoms with van der Waals surface area (Å²) in [4.78, 5) is 14.4. The minimum atomic E-state index is -4.69. The summed E-state index contributed by atoms with van der Waals surface area (Å²) in [5, 5.41) is 8.84. The molecule has 104 valence electrons.